The first-order valence-corrected chi connectivity index (χ1v) is 9.83. The molecule has 2 saturated heterocycles. The normalized spacial score (nSPS) is 20.2. The summed E-state index contributed by atoms with van der Waals surface area (Å²) in [4.78, 5) is 11.1. The van der Waals surface area contributed by atoms with E-state index in [1.807, 2.05) is 0 Å². The Balaban J connectivity index is 0.000000345. The van der Waals surface area contributed by atoms with Crippen LogP contribution in [0.15, 0.2) is 29.2 Å². The number of β-amino-alcohol motifs (C(OH)–C–C–N with tert-alkyl or cyclic N) is 1. The van der Waals surface area contributed by atoms with Crippen molar-refractivity contribution in [1.29, 1.82) is 0 Å². The summed E-state index contributed by atoms with van der Waals surface area (Å²) in [6, 6.07) is 5.48. The highest BCUT2D eigenvalue weighted by molar-refractivity contribution is 7.89. The topological polar surface area (TPSA) is 98.1 Å². The van der Waals surface area contributed by atoms with Crippen LogP contribution in [0.25, 0.3) is 0 Å². The number of carboxylic acids is 1. The van der Waals surface area contributed by atoms with Crippen LogP contribution in [0.1, 0.15) is 12.8 Å². The molecule has 3 rings (SSSR count). The van der Waals surface area contributed by atoms with Crippen molar-refractivity contribution in [3.63, 3.8) is 0 Å². The van der Waals surface area contributed by atoms with Crippen molar-refractivity contribution in [2.24, 2.45) is 0 Å². The average Bonchev–Trinajstić information content (AvgIpc) is 2.59. The number of sulfonamides is 1. The molecule has 0 amide bonds. The largest absolute Gasteiger partial charge is 0.490 e. The van der Waals surface area contributed by atoms with E-state index >= 15 is 0 Å². The molecule has 0 atom stereocenters. The van der Waals surface area contributed by atoms with Gasteiger partial charge in [-0.1, -0.05) is 6.07 Å². The molecule has 158 valence electrons. The number of hydrogen-bond acceptors (Lipinski definition) is 5. The molecule has 2 aliphatic rings. The minimum absolute atomic E-state index is 0.0142. The second-order valence-corrected chi connectivity index (χ2v) is 8.44. The molecule has 1 aromatic rings. The van der Waals surface area contributed by atoms with Crippen molar-refractivity contribution in [2.75, 3.05) is 26.2 Å². The number of hydrogen-bond donors (Lipinski definition) is 2. The van der Waals surface area contributed by atoms with Crippen LogP contribution in [-0.2, 0) is 14.8 Å². The van der Waals surface area contributed by atoms with Crippen molar-refractivity contribution in [1.82, 2.24) is 9.21 Å². The molecule has 2 heterocycles. The van der Waals surface area contributed by atoms with Crippen LogP contribution in [0.2, 0.25) is 0 Å². The number of piperidine rings is 1. The van der Waals surface area contributed by atoms with Gasteiger partial charge in [0, 0.05) is 32.2 Å². The van der Waals surface area contributed by atoms with E-state index in [9.17, 15) is 31.1 Å². The molecule has 0 aromatic heterocycles. The number of carboxylic acid groups (broad SMARTS) is 1. The van der Waals surface area contributed by atoms with Gasteiger partial charge in [0.15, 0.2) is 0 Å². The smallest absolute Gasteiger partial charge is 0.475 e. The summed E-state index contributed by atoms with van der Waals surface area (Å²) < 4.78 is 71.3. The third-order valence-corrected chi connectivity index (χ3v) is 6.40. The van der Waals surface area contributed by atoms with Gasteiger partial charge in [-0.05, 0) is 31.0 Å². The van der Waals surface area contributed by atoms with Crippen molar-refractivity contribution in [2.45, 2.75) is 36.1 Å². The Bertz CT molecular complexity index is 788. The number of rotatable bonds is 3. The fraction of sp³-hybridized carbons (Fsp3) is 0.562. The van der Waals surface area contributed by atoms with E-state index in [0.29, 0.717) is 32.2 Å². The van der Waals surface area contributed by atoms with Crippen LogP contribution < -0.4 is 0 Å². The van der Waals surface area contributed by atoms with Crippen molar-refractivity contribution >= 4 is 16.0 Å². The monoisotopic (exact) mass is 428 g/mol. The molecule has 0 bridgehead atoms. The van der Waals surface area contributed by atoms with E-state index in [1.54, 1.807) is 0 Å². The Morgan fingerprint density at radius 2 is 1.68 bits per heavy atom. The Labute approximate surface area is 159 Å². The van der Waals surface area contributed by atoms with Crippen LogP contribution in [0.4, 0.5) is 17.6 Å². The van der Waals surface area contributed by atoms with Gasteiger partial charge in [-0.2, -0.15) is 17.5 Å². The lowest BCUT2D eigenvalue weighted by Gasteiger charge is -2.45. The second-order valence-electron chi connectivity index (χ2n) is 6.50. The molecule has 2 aliphatic heterocycles. The average molecular weight is 428 g/mol. The number of nitrogens with zero attached hydrogens (tertiary/aromatic N) is 2. The maximum absolute atomic E-state index is 13.2. The molecule has 0 aliphatic carbocycles. The van der Waals surface area contributed by atoms with Gasteiger partial charge in [0.05, 0.1) is 11.0 Å². The van der Waals surface area contributed by atoms with Gasteiger partial charge in [-0.15, -0.1) is 0 Å². The van der Waals surface area contributed by atoms with Crippen molar-refractivity contribution in [3.8, 4) is 0 Å². The first-order chi connectivity index (χ1) is 12.9. The Morgan fingerprint density at radius 3 is 2.11 bits per heavy atom. The van der Waals surface area contributed by atoms with Crippen LogP contribution in [0, 0.1) is 5.82 Å². The number of aliphatic carboxylic acids is 1. The van der Waals surface area contributed by atoms with Crippen LogP contribution >= 0.6 is 0 Å². The molecule has 2 N–H and O–H groups in total. The van der Waals surface area contributed by atoms with Gasteiger partial charge >= 0.3 is 12.1 Å². The molecule has 0 spiro atoms. The molecule has 0 radical (unpaired) electrons. The lowest BCUT2D eigenvalue weighted by molar-refractivity contribution is -0.192. The number of benzene rings is 1. The highest BCUT2D eigenvalue weighted by Gasteiger charge is 2.38. The number of aliphatic hydroxyl groups excluding tert-OH is 1. The van der Waals surface area contributed by atoms with E-state index in [1.165, 1.54) is 22.5 Å². The van der Waals surface area contributed by atoms with Crippen LogP contribution in [0.3, 0.4) is 0 Å². The van der Waals surface area contributed by atoms with Crippen LogP contribution in [-0.4, -0.2) is 78.3 Å². The minimum Gasteiger partial charge on any atom is -0.475 e. The molecule has 0 saturated carbocycles. The Hall–Kier alpha value is -1.76. The quantitative estimate of drug-likeness (QED) is 0.705. The molecule has 1 aromatic carbocycles. The first kappa shape index (κ1) is 22.5. The van der Waals surface area contributed by atoms with E-state index < -0.39 is 28.0 Å². The van der Waals surface area contributed by atoms with E-state index in [4.69, 9.17) is 9.90 Å². The fourth-order valence-electron chi connectivity index (χ4n) is 3.01. The van der Waals surface area contributed by atoms with Crippen molar-refractivity contribution in [3.05, 3.63) is 30.1 Å². The summed E-state index contributed by atoms with van der Waals surface area (Å²) >= 11 is 0. The number of likely N-dealkylation sites (tertiary alicyclic amines) is 1. The highest BCUT2D eigenvalue weighted by atomic mass is 32.2. The zero-order valence-corrected chi connectivity index (χ0v) is 15.5. The number of aliphatic hydroxyl groups is 1. The maximum atomic E-state index is 13.2. The SMILES string of the molecule is O=C(O)C(F)(F)F.O=S(=O)(c1cccc(F)c1)N1CCC(N2CC(O)C2)CC1. The predicted molar refractivity (Wildman–Crippen MR) is 89.5 cm³/mol. The summed E-state index contributed by atoms with van der Waals surface area (Å²) in [7, 11) is -3.61. The number of alkyl halides is 3. The third kappa shape index (κ3) is 5.63. The van der Waals surface area contributed by atoms with Crippen molar-refractivity contribution < 1.29 is 41.0 Å². The summed E-state index contributed by atoms with van der Waals surface area (Å²) in [5.74, 6) is -3.30. The van der Waals surface area contributed by atoms with Gasteiger partial charge in [0.1, 0.15) is 5.82 Å². The summed E-state index contributed by atoms with van der Waals surface area (Å²) in [5, 5.41) is 16.4. The molecule has 7 nitrogen and oxygen atoms in total. The summed E-state index contributed by atoms with van der Waals surface area (Å²) in [6.45, 7) is 2.24. The summed E-state index contributed by atoms with van der Waals surface area (Å²) in [5.41, 5.74) is 0. The first-order valence-electron chi connectivity index (χ1n) is 8.39. The molecular formula is C16H20F4N2O5S. The maximum Gasteiger partial charge on any atom is 0.490 e. The molecule has 2 fully saturated rings. The standard InChI is InChI=1S/C14H19FN2O3S.C2HF3O2/c15-11-2-1-3-14(8-11)21(19,20)17-6-4-12(5-7-17)16-9-13(18)10-16;3-2(4,5)1(6)7/h1-3,8,12-13,18H,4-7,9-10H2;(H,6,7). The third-order valence-electron chi connectivity index (χ3n) is 4.51. The van der Waals surface area contributed by atoms with E-state index in [0.717, 1.165) is 18.9 Å². The van der Waals surface area contributed by atoms with Gasteiger partial charge in [0.25, 0.3) is 0 Å². The van der Waals surface area contributed by atoms with E-state index in [2.05, 4.69) is 4.90 Å². The molecule has 28 heavy (non-hydrogen) atoms. The minimum atomic E-state index is -5.08. The zero-order chi connectivity index (χ0) is 21.1. The highest BCUT2D eigenvalue weighted by Crippen LogP contribution is 2.26. The Kier molecular flexibility index (Phi) is 7.02. The fourth-order valence-corrected chi connectivity index (χ4v) is 4.51. The zero-order valence-electron chi connectivity index (χ0n) is 14.6. The predicted octanol–water partition coefficient (Wildman–Crippen LogP) is 1.29. The molecule has 12 heteroatoms. The number of halogens is 4. The van der Waals surface area contributed by atoms with Gasteiger partial charge in [0.2, 0.25) is 10.0 Å². The lowest BCUT2D eigenvalue weighted by Crippen LogP contribution is -2.58. The van der Waals surface area contributed by atoms with Gasteiger partial charge in [-0.3, -0.25) is 4.90 Å². The summed E-state index contributed by atoms with van der Waals surface area (Å²) in [6.07, 6.45) is -3.82. The molecule has 0 unspecified atom stereocenters. The molecular weight excluding hydrogens is 408 g/mol. The second kappa shape index (κ2) is 8.72. The number of carbonyl (C=O) groups is 1. The van der Waals surface area contributed by atoms with E-state index in [-0.39, 0.29) is 11.0 Å². The van der Waals surface area contributed by atoms with Gasteiger partial charge < -0.3 is 10.2 Å². The Morgan fingerprint density at radius 1 is 1.14 bits per heavy atom. The van der Waals surface area contributed by atoms with Crippen LogP contribution in [0.5, 0.6) is 0 Å². The van der Waals surface area contributed by atoms with Gasteiger partial charge in [-0.25, -0.2) is 17.6 Å². The lowest BCUT2D eigenvalue weighted by atomic mass is 10.00.